The Morgan fingerprint density at radius 3 is 2.65 bits per heavy atom. The van der Waals surface area contributed by atoms with E-state index in [0.717, 1.165) is 29.8 Å². The number of aryl methyl sites for hydroxylation is 1. The Kier molecular flexibility index (Phi) is 7.09. The average molecular weight is 350 g/mol. The first-order valence-electron chi connectivity index (χ1n) is 9.46. The third-order valence-corrected chi connectivity index (χ3v) is 5.23. The normalized spacial score (nSPS) is 17.1. The Morgan fingerprint density at radius 2 is 2.04 bits per heavy atom. The second-order valence-electron chi connectivity index (χ2n) is 7.14. The summed E-state index contributed by atoms with van der Waals surface area (Å²) in [7, 11) is 1.99. The fourth-order valence-corrected chi connectivity index (χ4v) is 3.52. The van der Waals surface area contributed by atoms with Crippen molar-refractivity contribution in [1.29, 1.82) is 5.41 Å². The number of nitrogens with two attached hydrogens (primary N) is 1. The number of hydrogen-bond acceptors (Lipinski definition) is 3. The maximum atomic E-state index is 8.80. The van der Waals surface area contributed by atoms with Crippen LogP contribution in [0.1, 0.15) is 50.2 Å². The van der Waals surface area contributed by atoms with Crippen molar-refractivity contribution in [2.75, 3.05) is 11.9 Å². The molecule has 1 fully saturated rings. The lowest BCUT2D eigenvalue weighted by molar-refractivity contribution is 0.438. The molecule has 1 aromatic carbocycles. The van der Waals surface area contributed by atoms with Crippen molar-refractivity contribution in [3.63, 3.8) is 0 Å². The number of terminal acetylenes is 1. The van der Waals surface area contributed by atoms with Crippen LogP contribution in [0.4, 0.5) is 5.69 Å². The molecule has 1 aliphatic rings. The van der Waals surface area contributed by atoms with Gasteiger partial charge in [-0.1, -0.05) is 43.4 Å². The van der Waals surface area contributed by atoms with E-state index in [1.54, 1.807) is 0 Å². The molecule has 1 unspecified atom stereocenters. The molecule has 0 spiro atoms. The van der Waals surface area contributed by atoms with Crippen LogP contribution in [0.2, 0.25) is 0 Å². The monoisotopic (exact) mass is 349 g/mol. The van der Waals surface area contributed by atoms with Crippen LogP contribution >= 0.6 is 0 Å². The van der Waals surface area contributed by atoms with Crippen LogP contribution in [-0.4, -0.2) is 18.8 Å². The van der Waals surface area contributed by atoms with Gasteiger partial charge in [0.1, 0.15) is 6.04 Å². The molecule has 0 aliphatic heterocycles. The molecule has 1 saturated carbocycles. The minimum absolute atomic E-state index is 0.215. The lowest BCUT2D eigenvalue weighted by Crippen LogP contribution is -2.31. The maximum absolute atomic E-state index is 8.80. The fourth-order valence-electron chi connectivity index (χ4n) is 3.52. The molecular formula is C23H31N3. The van der Waals surface area contributed by atoms with Crippen LogP contribution in [0.5, 0.6) is 0 Å². The number of likely N-dealkylation sites (N-methyl/N-ethyl adjacent to an activating group) is 1. The van der Waals surface area contributed by atoms with Crippen molar-refractivity contribution < 1.29 is 0 Å². The third kappa shape index (κ3) is 4.79. The fraction of sp³-hybridized carbons (Fsp3) is 0.435. The van der Waals surface area contributed by atoms with Gasteiger partial charge in [-0.2, -0.15) is 0 Å². The Hall–Kier alpha value is -2.47. The van der Waals surface area contributed by atoms with E-state index < -0.39 is 0 Å². The van der Waals surface area contributed by atoms with Crippen molar-refractivity contribution in [2.45, 2.75) is 52.0 Å². The van der Waals surface area contributed by atoms with E-state index in [2.05, 4.69) is 35.9 Å². The summed E-state index contributed by atoms with van der Waals surface area (Å²) in [5, 5.41) is 8.80. The summed E-state index contributed by atoms with van der Waals surface area (Å²) >= 11 is 0. The lowest BCUT2D eigenvalue weighted by Gasteiger charge is -2.29. The molecule has 1 aliphatic carbocycles. The minimum atomic E-state index is -0.215. The van der Waals surface area contributed by atoms with E-state index in [9.17, 15) is 0 Å². The molecular weight excluding hydrogens is 318 g/mol. The first-order chi connectivity index (χ1) is 12.5. The van der Waals surface area contributed by atoms with E-state index in [1.165, 1.54) is 24.8 Å². The molecule has 26 heavy (non-hydrogen) atoms. The largest absolute Gasteiger partial charge is 0.399 e. The van der Waals surface area contributed by atoms with E-state index in [4.69, 9.17) is 17.6 Å². The van der Waals surface area contributed by atoms with E-state index >= 15 is 0 Å². The van der Waals surface area contributed by atoms with Gasteiger partial charge in [-0.15, -0.1) is 6.42 Å². The number of rotatable bonds is 6. The molecule has 138 valence electrons. The summed E-state index contributed by atoms with van der Waals surface area (Å²) in [6.45, 7) is 3.97. The van der Waals surface area contributed by atoms with Crippen LogP contribution in [0.25, 0.3) is 0 Å². The van der Waals surface area contributed by atoms with Crippen LogP contribution in [-0.2, 0) is 0 Å². The second-order valence-corrected chi connectivity index (χ2v) is 7.14. The molecule has 1 aromatic rings. The quantitative estimate of drug-likeness (QED) is 0.440. The Bertz CT molecular complexity index is 730. The molecule has 3 heteroatoms. The topological polar surface area (TPSA) is 53.1 Å². The predicted molar refractivity (Wildman–Crippen MR) is 113 cm³/mol. The Labute approximate surface area is 158 Å². The van der Waals surface area contributed by atoms with Gasteiger partial charge in [0.15, 0.2) is 0 Å². The summed E-state index contributed by atoms with van der Waals surface area (Å²) in [6.07, 6.45) is 17.4. The lowest BCUT2D eigenvalue weighted by atomic mass is 9.82. The highest BCUT2D eigenvalue weighted by Gasteiger charge is 2.23. The van der Waals surface area contributed by atoms with E-state index in [1.807, 2.05) is 32.2 Å². The van der Waals surface area contributed by atoms with Crippen LogP contribution in [0.15, 0.2) is 42.1 Å². The number of anilines is 1. The van der Waals surface area contributed by atoms with Crippen molar-refractivity contribution in [1.82, 2.24) is 0 Å². The van der Waals surface area contributed by atoms with Gasteiger partial charge in [-0.3, -0.25) is 0 Å². The van der Waals surface area contributed by atoms with Crippen molar-refractivity contribution >= 4 is 11.4 Å². The van der Waals surface area contributed by atoms with E-state index in [0.29, 0.717) is 11.6 Å². The molecule has 3 N–H and O–H groups in total. The Balaban J connectivity index is 2.34. The predicted octanol–water partition coefficient (Wildman–Crippen LogP) is 4.80. The first kappa shape index (κ1) is 19.8. The smallest absolute Gasteiger partial charge is 0.109 e. The SMILES string of the molecule is C#CC(/C=C\C(N)=C/C)N(C)c1cc(C)ccc1C(=N)C1CCCCC1. The van der Waals surface area contributed by atoms with Crippen molar-refractivity contribution in [2.24, 2.45) is 11.7 Å². The van der Waals surface area contributed by atoms with Crippen LogP contribution in [0.3, 0.4) is 0 Å². The summed E-state index contributed by atoms with van der Waals surface area (Å²) in [6, 6.07) is 6.08. The molecule has 3 nitrogen and oxygen atoms in total. The van der Waals surface area contributed by atoms with Gasteiger partial charge in [0.05, 0.1) is 0 Å². The molecule has 0 amide bonds. The summed E-state index contributed by atoms with van der Waals surface area (Å²) < 4.78 is 0. The van der Waals surface area contributed by atoms with Gasteiger partial charge in [0.25, 0.3) is 0 Å². The Morgan fingerprint density at radius 1 is 1.35 bits per heavy atom. The van der Waals surface area contributed by atoms with Gasteiger partial charge in [-0.25, -0.2) is 0 Å². The zero-order valence-electron chi connectivity index (χ0n) is 16.3. The number of nitrogens with zero attached hydrogens (tertiary/aromatic N) is 1. The number of allylic oxidation sites excluding steroid dienone is 2. The van der Waals surface area contributed by atoms with Crippen molar-refractivity contribution in [3.05, 3.63) is 53.3 Å². The van der Waals surface area contributed by atoms with Crippen LogP contribution in [0, 0.1) is 30.6 Å². The molecule has 0 heterocycles. The summed E-state index contributed by atoms with van der Waals surface area (Å²) in [5.74, 6) is 3.19. The van der Waals surface area contributed by atoms with Gasteiger partial charge in [-0.05, 0) is 50.5 Å². The van der Waals surface area contributed by atoms with Gasteiger partial charge < -0.3 is 16.0 Å². The molecule has 1 atom stereocenters. The van der Waals surface area contributed by atoms with E-state index in [-0.39, 0.29) is 6.04 Å². The second kappa shape index (κ2) is 9.29. The summed E-state index contributed by atoms with van der Waals surface area (Å²) in [5.41, 5.74) is 10.5. The van der Waals surface area contributed by atoms with Gasteiger partial charge in [0.2, 0.25) is 0 Å². The maximum Gasteiger partial charge on any atom is 0.109 e. The minimum Gasteiger partial charge on any atom is -0.399 e. The standard InChI is InChI=1S/C23H31N3/c1-5-19(24)13-14-20(6-2)26(4)22-16-17(3)12-15-21(22)23(25)18-10-8-7-9-11-18/h2,5,12-16,18,20,25H,7-11,24H2,1,3-4H3/b14-13-,19-5+,25-23?. The highest BCUT2D eigenvalue weighted by molar-refractivity contribution is 6.04. The number of nitrogens with one attached hydrogen (secondary N) is 1. The van der Waals surface area contributed by atoms with Crippen molar-refractivity contribution in [3.8, 4) is 12.3 Å². The zero-order chi connectivity index (χ0) is 19.1. The number of hydrogen-bond donors (Lipinski definition) is 2. The highest BCUT2D eigenvalue weighted by Crippen LogP contribution is 2.31. The highest BCUT2D eigenvalue weighted by atomic mass is 15.1. The summed E-state index contributed by atoms with van der Waals surface area (Å²) in [4.78, 5) is 2.07. The van der Waals surface area contributed by atoms with Crippen LogP contribution < -0.4 is 10.6 Å². The molecule has 2 rings (SSSR count). The molecule has 0 aromatic heterocycles. The molecule has 0 bridgehead atoms. The first-order valence-corrected chi connectivity index (χ1v) is 9.46. The number of benzene rings is 1. The van der Waals surface area contributed by atoms with Gasteiger partial charge >= 0.3 is 0 Å². The molecule has 0 saturated heterocycles. The average Bonchev–Trinajstić information content (AvgIpc) is 2.68. The van der Waals surface area contributed by atoms with Gasteiger partial charge in [0, 0.05) is 35.6 Å². The zero-order valence-corrected chi connectivity index (χ0v) is 16.3. The third-order valence-electron chi connectivity index (χ3n) is 5.23. The molecule has 0 radical (unpaired) electrons.